The maximum Gasteiger partial charge on any atom is 0.0632 e. The minimum absolute atomic E-state index is 0.591. The molecule has 1 aliphatic rings. The highest BCUT2D eigenvalue weighted by atomic mass is 79.9. The Hall–Kier alpha value is -0.740. The molecule has 4 heteroatoms. The third-order valence-corrected chi connectivity index (χ3v) is 4.47. The molecule has 0 spiro atoms. The highest BCUT2D eigenvalue weighted by Crippen LogP contribution is 2.39. The van der Waals surface area contributed by atoms with Crippen molar-refractivity contribution >= 4 is 27.7 Å². The van der Waals surface area contributed by atoms with Crippen LogP contribution in [-0.4, -0.2) is 15.5 Å². The van der Waals surface area contributed by atoms with E-state index in [-0.39, 0.29) is 0 Å². The molecule has 2 aromatic rings. The Morgan fingerprint density at radius 3 is 3.12 bits per heavy atom. The van der Waals surface area contributed by atoms with E-state index in [1.165, 1.54) is 10.5 Å². The number of nitrogens with zero attached hydrogens (tertiary/aromatic N) is 2. The first-order chi connectivity index (χ1) is 7.83. The fourth-order valence-corrected chi connectivity index (χ4v) is 3.61. The molecule has 0 bridgehead atoms. The van der Waals surface area contributed by atoms with Crippen molar-refractivity contribution in [2.24, 2.45) is 0 Å². The van der Waals surface area contributed by atoms with Crippen molar-refractivity contribution < 1.29 is 0 Å². The van der Waals surface area contributed by atoms with Crippen LogP contribution in [0.25, 0.3) is 0 Å². The Kier molecular flexibility index (Phi) is 2.77. The van der Waals surface area contributed by atoms with Gasteiger partial charge in [-0.1, -0.05) is 18.2 Å². The van der Waals surface area contributed by atoms with Crippen LogP contribution in [0.2, 0.25) is 0 Å². The number of halogens is 1. The third kappa shape index (κ3) is 1.92. The summed E-state index contributed by atoms with van der Waals surface area (Å²) in [7, 11) is 0. The van der Waals surface area contributed by atoms with Crippen LogP contribution in [0.5, 0.6) is 0 Å². The lowest BCUT2D eigenvalue weighted by Crippen LogP contribution is -2.08. The summed E-state index contributed by atoms with van der Waals surface area (Å²) in [6.07, 6.45) is 3.87. The second-order valence-corrected chi connectivity index (χ2v) is 5.90. The zero-order valence-electron chi connectivity index (χ0n) is 8.64. The lowest BCUT2D eigenvalue weighted by atomic mass is 10.0. The largest absolute Gasteiger partial charge is 0.271 e. The van der Waals surface area contributed by atoms with Gasteiger partial charge >= 0.3 is 0 Å². The molecule has 0 saturated heterocycles. The Labute approximate surface area is 107 Å². The number of thioether (sulfide) groups is 1. The van der Waals surface area contributed by atoms with Crippen LogP contribution in [0.15, 0.2) is 46.0 Å². The molecule has 2 heterocycles. The Balaban J connectivity index is 1.83. The van der Waals surface area contributed by atoms with Crippen molar-refractivity contribution in [2.75, 3.05) is 5.75 Å². The number of fused-ring (bicyclic) bond motifs is 1. The number of benzene rings is 1. The first-order valence-electron chi connectivity index (χ1n) is 5.22. The summed E-state index contributed by atoms with van der Waals surface area (Å²) in [6, 6.07) is 8.67. The van der Waals surface area contributed by atoms with Gasteiger partial charge in [-0.15, -0.1) is 11.8 Å². The molecule has 0 fully saturated rings. The minimum atomic E-state index is 0.591. The van der Waals surface area contributed by atoms with Crippen LogP contribution in [0.4, 0.5) is 0 Å². The number of aromatic nitrogens is 2. The fraction of sp³-hybridized carbons (Fsp3) is 0.250. The van der Waals surface area contributed by atoms with Crippen molar-refractivity contribution in [3.05, 3.63) is 46.7 Å². The molecule has 0 N–H and O–H groups in total. The maximum absolute atomic E-state index is 4.31. The Morgan fingerprint density at radius 1 is 1.44 bits per heavy atom. The van der Waals surface area contributed by atoms with E-state index in [4.69, 9.17) is 0 Å². The predicted octanol–water partition coefficient (Wildman–Crippen LogP) is 3.54. The molecule has 1 aromatic carbocycles. The molecule has 1 aliphatic heterocycles. The van der Waals surface area contributed by atoms with Gasteiger partial charge in [0.25, 0.3) is 0 Å². The predicted molar refractivity (Wildman–Crippen MR) is 69.8 cm³/mol. The monoisotopic (exact) mass is 294 g/mol. The lowest BCUT2D eigenvalue weighted by molar-refractivity contribution is 0.549. The minimum Gasteiger partial charge on any atom is -0.271 e. The van der Waals surface area contributed by atoms with Gasteiger partial charge in [0.05, 0.1) is 10.7 Å². The van der Waals surface area contributed by atoms with E-state index in [9.17, 15) is 0 Å². The van der Waals surface area contributed by atoms with E-state index in [0.717, 1.165) is 16.8 Å². The smallest absolute Gasteiger partial charge is 0.0632 e. The average Bonchev–Trinajstić information content (AvgIpc) is 2.87. The molecular formula is C12H11BrN2S. The Bertz CT molecular complexity index is 509. The van der Waals surface area contributed by atoms with Gasteiger partial charge in [0.15, 0.2) is 0 Å². The van der Waals surface area contributed by atoms with Crippen LogP contribution in [0.1, 0.15) is 11.5 Å². The lowest BCUT2D eigenvalue weighted by Gasteiger charge is -2.10. The number of hydrogen-bond donors (Lipinski definition) is 0. The first-order valence-corrected chi connectivity index (χ1v) is 7.00. The zero-order chi connectivity index (χ0) is 11.0. The average molecular weight is 295 g/mol. The summed E-state index contributed by atoms with van der Waals surface area (Å²) < 4.78 is 3.06. The number of rotatable bonds is 2. The standard InChI is InChI=1S/C12H11BrN2S/c13-10-5-14-15(7-10)6-9-8-16-12-4-2-1-3-11(9)12/h1-5,7,9H,6,8H2. The van der Waals surface area contributed by atoms with Gasteiger partial charge in [-0.2, -0.15) is 5.10 Å². The summed E-state index contributed by atoms with van der Waals surface area (Å²) in [5, 5.41) is 4.31. The molecular weight excluding hydrogens is 284 g/mol. The maximum atomic E-state index is 4.31. The van der Waals surface area contributed by atoms with E-state index >= 15 is 0 Å². The summed E-state index contributed by atoms with van der Waals surface area (Å²) in [4.78, 5) is 1.43. The number of hydrogen-bond acceptors (Lipinski definition) is 2. The molecule has 0 aliphatic carbocycles. The molecule has 2 nitrogen and oxygen atoms in total. The quantitative estimate of drug-likeness (QED) is 0.843. The van der Waals surface area contributed by atoms with Crippen molar-refractivity contribution in [1.29, 1.82) is 0 Å². The van der Waals surface area contributed by atoms with Crippen molar-refractivity contribution in [3.8, 4) is 0 Å². The third-order valence-electron chi connectivity index (χ3n) is 2.81. The van der Waals surface area contributed by atoms with Crippen molar-refractivity contribution in [3.63, 3.8) is 0 Å². The molecule has 1 unspecified atom stereocenters. The first kappa shape index (κ1) is 10.4. The normalized spacial score (nSPS) is 18.7. The molecule has 16 heavy (non-hydrogen) atoms. The van der Waals surface area contributed by atoms with Crippen molar-refractivity contribution in [1.82, 2.24) is 9.78 Å². The van der Waals surface area contributed by atoms with E-state index in [0.29, 0.717) is 5.92 Å². The molecule has 3 rings (SSSR count). The summed E-state index contributed by atoms with van der Waals surface area (Å²) in [5.74, 6) is 1.75. The molecule has 1 atom stereocenters. The van der Waals surface area contributed by atoms with Crippen LogP contribution in [-0.2, 0) is 6.54 Å². The van der Waals surface area contributed by atoms with Gasteiger partial charge in [0, 0.05) is 29.3 Å². The molecule has 0 amide bonds. The van der Waals surface area contributed by atoms with E-state index in [2.05, 4.69) is 45.3 Å². The SMILES string of the molecule is Brc1cnn(CC2CSc3ccccc32)c1. The highest BCUT2D eigenvalue weighted by Gasteiger charge is 2.22. The van der Waals surface area contributed by atoms with Gasteiger partial charge < -0.3 is 0 Å². The van der Waals surface area contributed by atoms with Gasteiger partial charge in [-0.25, -0.2) is 0 Å². The van der Waals surface area contributed by atoms with Crippen LogP contribution >= 0.6 is 27.7 Å². The van der Waals surface area contributed by atoms with Gasteiger partial charge in [-0.05, 0) is 27.6 Å². The van der Waals surface area contributed by atoms with Gasteiger partial charge in [0.2, 0.25) is 0 Å². The second-order valence-electron chi connectivity index (χ2n) is 3.93. The van der Waals surface area contributed by atoms with Crippen LogP contribution in [0, 0.1) is 0 Å². The summed E-state index contributed by atoms with van der Waals surface area (Å²) in [6.45, 7) is 0.968. The van der Waals surface area contributed by atoms with E-state index < -0.39 is 0 Å². The van der Waals surface area contributed by atoms with Crippen LogP contribution in [0.3, 0.4) is 0 Å². The molecule has 1 aromatic heterocycles. The molecule has 0 radical (unpaired) electrons. The van der Waals surface area contributed by atoms with Crippen molar-refractivity contribution in [2.45, 2.75) is 17.4 Å². The fourth-order valence-electron chi connectivity index (χ4n) is 2.04. The van der Waals surface area contributed by atoms with E-state index in [1.807, 2.05) is 28.8 Å². The van der Waals surface area contributed by atoms with Crippen LogP contribution < -0.4 is 0 Å². The topological polar surface area (TPSA) is 17.8 Å². The Morgan fingerprint density at radius 2 is 2.31 bits per heavy atom. The second kappa shape index (κ2) is 4.26. The summed E-state index contributed by atoms with van der Waals surface area (Å²) in [5.41, 5.74) is 1.47. The molecule has 82 valence electrons. The van der Waals surface area contributed by atoms with Gasteiger partial charge in [0.1, 0.15) is 0 Å². The zero-order valence-corrected chi connectivity index (χ0v) is 11.0. The van der Waals surface area contributed by atoms with Gasteiger partial charge in [-0.3, -0.25) is 4.68 Å². The summed E-state index contributed by atoms with van der Waals surface area (Å²) >= 11 is 5.37. The highest BCUT2D eigenvalue weighted by molar-refractivity contribution is 9.10. The van der Waals surface area contributed by atoms with E-state index in [1.54, 1.807) is 0 Å². The molecule has 0 saturated carbocycles.